The van der Waals surface area contributed by atoms with Crippen LogP contribution in [-0.4, -0.2) is 30.4 Å². The zero-order valence-electron chi connectivity index (χ0n) is 12.9. The van der Waals surface area contributed by atoms with Gasteiger partial charge < -0.3 is 10.2 Å². The lowest BCUT2D eigenvalue weighted by molar-refractivity contribution is -0.128. The van der Waals surface area contributed by atoms with Crippen molar-refractivity contribution < 1.29 is 4.79 Å². The fraction of sp³-hybridized carbons (Fsp3) is 0.588. The van der Waals surface area contributed by atoms with E-state index in [0.717, 1.165) is 32.5 Å². The zero-order chi connectivity index (χ0) is 14.5. The Hall–Kier alpha value is -1.35. The summed E-state index contributed by atoms with van der Waals surface area (Å²) >= 11 is 0. The highest BCUT2D eigenvalue weighted by Gasteiger charge is 2.30. The maximum atomic E-state index is 12.1. The van der Waals surface area contributed by atoms with E-state index < -0.39 is 0 Å². The third-order valence-corrected chi connectivity index (χ3v) is 4.29. The topological polar surface area (TPSA) is 32.3 Å². The van der Waals surface area contributed by atoms with Crippen LogP contribution in [0.4, 0.5) is 0 Å². The summed E-state index contributed by atoms with van der Waals surface area (Å²) in [6.45, 7) is 9.05. The number of nitrogens with zero attached hydrogens (tertiary/aromatic N) is 1. The molecule has 0 radical (unpaired) electrons. The van der Waals surface area contributed by atoms with E-state index in [2.05, 4.69) is 50.4 Å². The van der Waals surface area contributed by atoms with E-state index in [0.29, 0.717) is 11.8 Å². The van der Waals surface area contributed by atoms with Crippen LogP contribution in [0.15, 0.2) is 24.3 Å². The van der Waals surface area contributed by atoms with E-state index in [9.17, 15) is 4.79 Å². The Labute approximate surface area is 122 Å². The van der Waals surface area contributed by atoms with Crippen molar-refractivity contribution in [3.8, 4) is 0 Å². The molecule has 1 saturated heterocycles. The van der Waals surface area contributed by atoms with Crippen molar-refractivity contribution in [3.05, 3.63) is 35.4 Å². The Balaban J connectivity index is 2.10. The van der Waals surface area contributed by atoms with Gasteiger partial charge in [0.2, 0.25) is 5.91 Å². The molecule has 1 heterocycles. The van der Waals surface area contributed by atoms with Gasteiger partial charge in [0.05, 0.1) is 6.04 Å². The second kappa shape index (κ2) is 6.89. The number of amides is 1. The molecule has 3 heteroatoms. The summed E-state index contributed by atoms with van der Waals surface area (Å²) in [5, 5.41) is 3.53. The van der Waals surface area contributed by atoms with Crippen LogP contribution in [-0.2, 0) is 4.79 Å². The largest absolute Gasteiger partial charge is 0.340 e. The van der Waals surface area contributed by atoms with Gasteiger partial charge in [-0.3, -0.25) is 4.79 Å². The van der Waals surface area contributed by atoms with Crippen LogP contribution in [0.25, 0.3) is 0 Å². The maximum absolute atomic E-state index is 12.1. The SMILES string of the molecule is CCNC(CN1CC(CC)CC1=O)c1ccccc1C. The number of carbonyl (C=O) groups excluding carboxylic acids is 1. The molecule has 2 atom stereocenters. The molecule has 2 unspecified atom stereocenters. The van der Waals surface area contributed by atoms with Gasteiger partial charge in [-0.2, -0.15) is 0 Å². The van der Waals surface area contributed by atoms with Crippen LogP contribution >= 0.6 is 0 Å². The summed E-state index contributed by atoms with van der Waals surface area (Å²) in [4.78, 5) is 14.1. The number of likely N-dealkylation sites (tertiary alicyclic amines) is 1. The van der Waals surface area contributed by atoms with Crippen LogP contribution in [0.1, 0.15) is 43.9 Å². The van der Waals surface area contributed by atoms with Crippen LogP contribution in [0.2, 0.25) is 0 Å². The van der Waals surface area contributed by atoms with Crippen LogP contribution in [0.5, 0.6) is 0 Å². The first-order chi connectivity index (χ1) is 9.65. The Morgan fingerprint density at radius 1 is 1.35 bits per heavy atom. The molecule has 1 aromatic rings. The molecule has 1 fully saturated rings. The van der Waals surface area contributed by atoms with Crippen LogP contribution < -0.4 is 5.32 Å². The predicted molar refractivity (Wildman–Crippen MR) is 82.6 cm³/mol. The molecule has 1 aromatic carbocycles. The molecule has 2 rings (SSSR count). The van der Waals surface area contributed by atoms with Crippen molar-refractivity contribution >= 4 is 5.91 Å². The van der Waals surface area contributed by atoms with Gasteiger partial charge in [-0.05, 0) is 30.5 Å². The molecule has 0 aromatic heterocycles. The third kappa shape index (κ3) is 3.40. The van der Waals surface area contributed by atoms with E-state index in [1.165, 1.54) is 11.1 Å². The minimum atomic E-state index is 0.237. The molecule has 1 N–H and O–H groups in total. The Bertz CT molecular complexity index is 458. The summed E-state index contributed by atoms with van der Waals surface area (Å²) < 4.78 is 0. The van der Waals surface area contributed by atoms with Gasteiger partial charge in [0.15, 0.2) is 0 Å². The lowest BCUT2D eigenvalue weighted by Crippen LogP contribution is -2.36. The Morgan fingerprint density at radius 3 is 2.70 bits per heavy atom. The number of carbonyl (C=O) groups is 1. The van der Waals surface area contributed by atoms with Gasteiger partial charge in [-0.15, -0.1) is 0 Å². The van der Waals surface area contributed by atoms with Gasteiger partial charge >= 0.3 is 0 Å². The number of hydrogen-bond donors (Lipinski definition) is 1. The summed E-state index contributed by atoms with van der Waals surface area (Å²) in [7, 11) is 0. The number of benzene rings is 1. The first-order valence-corrected chi connectivity index (χ1v) is 7.72. The molecular weight excluding hydrogens is 248 g/mol. The van der Waals surface area contributed by atoms with Crippen molar-refractivity contribution in [2.75, 3.05) is 19.6 Å². The van der Waals surface area contributed by atoms with Crippen molar-refractivity contribution in [3.63, 3.8) is 0 Å². The highest BCUT2D eigenvalue weighted by Crippen LogP contribution is 2.25. The molecular formula is C17H26N2O. The van der Waals surface area contributed by atoms with Crippen molar-refractivity contribution in [2.24, 2.45) is 5.92 Å². The monoisotopic (exact) mass is 274 g/mol. The molecule has 1 aliphatic rings. The summed E-state index contributed by atoms with van der Waals surface area (Å²) in [6.07, 6.45) is 1.82. The first kappa shape index (κ1) is 15.0. The Kier molecular flexibility index (Phi) is 5.18. The maximum Gasteiger partial charge on any atom is 0.222 e. The van der Waals surface area contributed by atoms with E-state index in [1.54, 1.807) is 0 Å². The summed E-state index contributed by atoms with van der Waals surface area (Å²) in [5.41, 5.74) is 2.60. The smallest absolute Gasteiger partial charge is 0.222 e. The molecule has 3 nitrogen and oxygen atoms in total. The second-order valence-electron chi connectivity index (χ2n) is 5.74. The first-order valence-electron chi connectivity index (χ1n) is 7.72. The van der Waals surface area contributed by atoms with Crippen molar-refractivity contribution in [1.29, 1.82) is 0 Å². The summed E-state index contributed by atoms with van der Waals surface area (Å²) in [5.74, 6) is 0.856. The standard InChI is InChI=1S/C17H26N2O/c1-4-14-10-17(20)19(11-14)12-16(18-5-2)15-9-7-6-8-13(15)3/h6-9,14,16,18H,4-5,10-12H2,1-3H3. The minimum absolute atomic E-state index is 0.237. The molecule has 20 heavy (non-hydrogen) atoms. The van der Waals surface area contributed by atoms with Gasteiger partial charge in [-0.1, -0.05) is 44.5 Å². The molecule has 1 amide bonds. The average molecular weight is 274 g/mol. The normalized spacial score (nSPS) is 20.4. The second-order valence-corrected chi connectivity index (χ2v) is 5.74. The molecule has 0 aliphatic carbocycles. The van der Waals surface area contributed by atoms with E-state index in [-0.39, 0.29) is 6.04 Å². The van der Waals surface area contributed by atoms with E-state index in [4.69, 9.17) is 0 Å². The quantitative estimate of drug-likeness (QED) is 0.865. The number of aryl methyl sites for hydroxylation is 1. The van der Waals surface area contributed by atoms with Gasteiger partial charge in [0.25, 0.3) is 0 Å². The number of likely N-dealkylation sites (N-methyl/N-ethyl adjacent to an activating group) is 1. The predicted octanol–water partition coefficient (Wildman–Crippen LogP) is 2.90. The highest BCUT2D eigenvalue weighted by atomic mass is 16.2. The van der Waals surface area contributed by atoms with Crippen molar-refractivity contribution in [2.45, 2.75) is 39.7 Å². The number of rotatable bonds is 6. The molecule has 0 bridgehead atoms. The lowest BCUT2D eigenvalue weighted by atomic mass is 10.0. The Morgan fingerprint density at radius 2 is 2.10 bits per heavy atom. The average Bonchev–Trinajstić information content (AvgIpc) is 2.80. The van der Waals surface area contributed by atoms with Crippen LogP contribution in [0, 0.1) is 12.8 Å². The zero-order valence-corrected chi connectivity index (χ0v) is 12.9. The van der Waals surface area contributed by atoms with Crippen molar-refractivity contribution in [1.82, 2.24) is 10.2 Å². The van der Waals surface area contributed by atoms with E-state index >= 15 is 0 Å². The molecule has 0 spiro atoms. The third-order valence-electron chi connectivity index (χ3n) is 4.29. The fourth-order valence-corrected chi connectivity index (χ4v) is 3.02. The van der Waals surface area contributed by atoms with E-state index in [1.807, 2.05) is 4.90 Å². The van der Waals surface area contributed by atoms with Gasteiger partial charge in [-0.25, -0.2) is 0 Å². The lowest BCUT2D eigenvalue weighted by Gasteiger charge is -2.26. The molecule has 110 valence electrons. The minimum Gasteiger partial charge on any atom is -0.340 e. The molecule has 0 saturated carbocycles. The summed E-state index contributed by atoms with van der Waals surface area (Å²) in [6, 6.07) is 8.69. The fourth-order valence-electron chi connectivity index (χ4n) is 3.02. The van der Waals surface area contributed by atoms with Gasteiger partial charge in [0, 0.05) is 19.5 Å². The number of nitrogens with one attached hydrogen (secondary N) is 1. The van der Waals surface area contributed by atoms with Crippen LogP contribution in [0.3, 0.4) is 0 Å². The highest BCUT2D eigenvalue weighted by molar-refractivity contribution is 5.78. The van der Waals surface area contributed by atoms with Gasteiger partial charge in [0.1, 0.15) is 0 Å². The number of hydrogen-bond acceptors (Lipinski definition) is 2. The molecule has 1 aliphatic heterocycles.